The third-order valence-corrected chi connectivity index (χ3v) is 4.88. The summed E-state index contributed by atoms with van der Waals surface area (Å²) in [5.41, 5.74) is 0.811. The Morgan fingerprint density at radius 2 is 1.86 bits per heavy atom. The third kappa shape index (κ3) is 4.07. The molecule has 0 aromatic heterocycles. The Balaban J connectivity index is 2.01. The molecule has 1 saturated heterocycles. The number of benzene rings is 1. The molecular weight excluding hydrogens is 294 g/mol. The van der Waals surface area contributed by atoms with Crippen molar-refractivity contribution in [3.8, 4) is 11.5 Å². The van der Waals surface area contributed by atoms with Gasteiger partial charge in [-0.05, 0) is 17.7 Å². The van der Waals surface area contributed by atoms with E-state index >= 15 is 0 Å². The summed E-state index contributed by atoms with van der Waals surface area (Å²) in [4.78, 5) is 0. The van der Waals surface area contributed by atoms with Gasteiger partial charge in [-0.15, -0.1) is 0 Å². The van der Waals surface area contributed by atoms with Gasteiger partial charge >= 0.3 is 0 Å². The molecule has 2 rings (SSSR count). The van der Waals surface area contributed by atoms with Crippen molar-refractivity contribution in [2.24, 2.45) is 0 Å². The number of methoxy groups -OCH3 is 2. The molecule has 21 heavy (non-hydrogen) atoms. The van der Waals surface area contributed by atoms with Crippen molar-refractivity contribution >= 4 is 10.2 Å². The van der Waals surface area contributed by atoms with Crippen molar-refractivity contribution < 1.29 is 17.9 Å². The minimum absolute atomic E-state index is 0.215. The van der Waals surface area contributed by atoms with Crippen LogP contribution in [-0.2, 0) is 16.8 Å². The van der Waals surface area contributed by atoms with Crippen LogP contribution in [0.4, 0.5) is 0 Å². The van der Waals surface area contributed by atoms with Gasteiger partial charge in [-0.3, -0.25) is 0 Å². The maximum atomic E-state index is 12.2. The summed E-state index contributed by atoms with van der Waals surface area (Å²) < 4.78 is 38.7. The standard InChI is InChI=1S/C13H21N3O4S/c1-19-12-4-3-11(9-13(12)20-2)10-15-21(17,18)16-7-5-14-6-8-16/h3-4,9,14-15H,5-8,10H2,1-2H3. The number of hydrogen-bond acceptors (Lipinski definition) is 5. The van der Waals surface area contributed by atoms with Gasteiger partial charge in [0.2, 0.25) is 0 Å². The van der Waals surface area contributed by atoms with E-state index in [1.165, 1.54) is 4.31 Å². The predicted octanol–water partition coefficient (Wildman–Crippen LogP) is -0.0566. The maximum Gasteiger partial charge on any atom is 0.279 e. The van der Waals surface area contributed by atoms with Gasteiger partial charge in [-0.25, -0.2) is 0 Å². The number of piperazine rings is 1. The Kier molecular flexibility index (Phi) is 5.40. The minimum Gasteiger partial charge on any atom is -0.493 e. The molecule has 1 aromatic rings. The highest BCUT2D eigenvalue weighted by atomic mass is 32.2. The molecule has 2 N–H and O–H groups in total. The normalized spacial score (nSPS) is 16.7. The molecule has 1 aliphatic heterocycles. The largest absolute Gasteiger partial charge is 0.493 e. The van der Waals surface area contributed by atoms with E-state index < -0.39 is 10.2 Å². The van der Waals surface area contributed by atoms with Gasteiger partial charge in [0, 0.05) is 32.7 Å². The molecule has 1 aliphatic rings. The van der Waals surface area contributed by atoms with E-state index in [0.29, 0.717) is 37.7 Å². The van der Waals surface area contributed by atoms with Crippen LogP contribution >= 0.6 is 0 Å². The molecular formula is C13H21N3O4S. The highest BCUT2D eigenvalue weighted by Gasteiger charge is 2.23. The summed E-state index contributed by atoms with van der Waals surface area (Å²) in [5, 5.41) is 3.12. The van der Waals surface area contributed by atoms with Crippen LogP contribution in [0.5, 0.6) is 11.5 Å². The number of nitrogens with one attached hydrogen (secondary N) is 2. The molecule has 0 spiro atoms. The zero-order valence-corrected chi connectivity index (χ0v) is 13.1. The van der Waals surface area contributed by atoms with Crippen molar-refractivity contribution in [3.05, 3.63) is 23.8 Å². The summed E-state index contributed by atoms with van der Waals surface area (Å²) in [6.07, 6.45) is 0. The highest BCUT2D eigenvalue weighted by Crippen LogP contribution is 2.27. The summed E-state index contributed by atoms with van der Waals surface area (Å²) in [7, 11) is -0.337. The van der Waals surface area contributed by atoms with E-state index in [1.807, 2.05) is 6.07 Å². The van der Waals surface area contributed by atoms with Gasteiger partial charge in [-0.1, -0.05) is 6.07 Å². The van der Waals surface area contributed by atoms with Crippen molar-refractivity contribution in [2.75, 3.05) is 40.4 Å². The molecule has 7 nitrogen and oxygen atoms in total. The van der Waals surface area contributed by atoms with Gasteiger partial charge in [0.05, 0.1) is 14.2 Å². The summed E-state index contributed by atoms with van der Waals surface area (Å²) in [5.74, 6) is 1.20. The number of hydrogen-bond donors (Lipinski definition) is 2. The van der Waals surface area contributed by atoms with Crippen molar-refractivity contribution in [3.63, 3.8) is 0 Å². The molecule has 1 fully saturated rings. The van der Waals surface area contributed by atoms with E-state index in [-0.39, 0.29) is 6.54 Å². The number of rotatable bonds is 6. The first-order valence-corrected chi connectivity index (χ1v) is 8.17. The van der Waals surface area contributed by atoms with Gasteiger partial charge in [0.25, 0.3) is 10.2 Å². The van der Waals surface area contributed by atoms with Crippen molar-refractivity contribution in [2.45, 2.75) is 6.54 Å². The average molecular weight is 315 g/mol. The van der Waals surface area contributed by atoms with Gasteiger partial charge in [-0.2, -0.15) is 17.4 Å². The van der Waals surface area contributed by atoms with Gasteiger partial charge in [0.1, 0.15) is 0 Å². The van der Waals surface area contributed by atoms with Gasteiger partial charge in [0.15, 0.2) is 11.5 Å². The fourth-order valence-corrected chi connectivity index (χ4v) is 3.34. The second-order valence-electron chi connectivity index (χ2n) is 4.66. The van der Waals surface area contributed by atoms with Crippen molar-refractivity contribution in [1.29, 1.82) is 0 Å². The Morgan fingerprint density at radius 3 is 2.48 bits per heavy atom. The lowest BCUT2D eigenvalue weighted by Crippen LogP contribution is -2.50. The molecule has 0 saturated carbocycles. The predicted molar refractivity (Wildman–Crippen MR) is 79.7 cm³/mol. The molecule has 1 heterocycles. The zero-order chi connectivity index (χ0) is 15.3. The second-order valence-corrected chi connectivity index (χ2v) is 6.42. The molecule has 1 aromatic carbocycles. The van der Waals surface area contributed by atoms with Crippen LogP contribution in [0.3, 0.4) is 0 Å². The van der Waals surface area contributed by atoms with Crippen LogP contribution in [0.2, 0.25) is 0 Å². The monoisotopic (exact) mass is 315 g/mol. The van der Waals surface area contributed by atoms with Gasteiger partial charge < -0.3 is 14.8 Å². The lowest BCUT2D eigenvalue weighted by Gasteiger charge is -2.26. The Bertz CT molecular complexity index is 571. The molecule has 0 aliphatic carbocycles. The number of ether oxygens (including phenoxy) is 2. The van der Waals surface area contributed by atoms with E-state index in [1.54, 1.807) is 26.4 Å². The van der Waals surface area contributed by atoms with Crippen LogP contribution < -0.4 is 19.5 Å². The zero-order valence-electron chi connectivity index (χ0n) is 12.3. The minimum atomic E-state index is -3.45. The molecule has 0 bridgehead atoms. The van der Waals surface area contributed by atoms with Crippen LogP contribution in [-0.4, -0.2) is 53.1 Å². The molecule has 0 unspecified atom stereocenters. The second kappa shape index (κ2) is 7.08. The molecule has 0 atom stereocenters. The van der Waals surface area contributed by atoms with Crippen LogP contribution in [0, 0.1) is 0 Å². The maximum absolute atomic E-state index is 12.2. The Morgan fingerprint density at radius 1 is 1.19 bits per heavy atom. The first kappa shape index (κ1) is 16.0. The number of nitrogens with zero attached hydrogens (tertiary/aromatic N) is 1. The fraction of sp³-hybridized carbons (Fsp3) is 0.538. The molecule has 0 radical (unpaired) electrons. The first-order chi connectivity index (χ1) is 10.1. The Hall–Kier alpha value is -1.35. The van der Waals surface area contributed by atoms with Crippen LogP contribution in [0.25, 0.3) is 0 Å². The topological polar surface area (TPSA) is 79.9 Å². The smallest absolute Gasteiger partial charge is 0.279 e. The van der Waals surface area contributed by atoms with Crippen LogP contribution in [0.15, 0.2) is 18.2 Å². The summed E-state index contributed by atoms with van der Waals surface area (Å²) in [6.45, 7) is 2.55. The summed E-state index contributed by atoms with van der Waals surface area (Å²) in [6, 6.07) is 5.33. The lowest BCUT2D eigenvalue weighted by atomic mass is 10.2. The van der Waals surface area contributed by atoms with E-state index in [4.69, 9.17) is 9.47 Å². The first-order valence-electron chi connectivity index (χ1n) is 6.73. The quantitative estimate of drug-likeness (QED) is 0.769. The van der Waals surface area contributed by atoms with E-state index in [9.17, 15) is 8.42 Å². The SMILES string of the molecule is COc1ccc(CNS(=O)(=O)N2CCNCC2)cc1OC. The van der Waals surface area contributed by atoms with E-state index in [2.05, 4.69) is 10.0 Å². The summed E-state index contributed by atoms with van der Waals surface area (Å²) >= 11 is 0. The molecule has 8 heteroatoms. The Labute approximate surface area is 125 Å². The van der Waals surface area contributed by atoms with E-state index in [0.717, 1.165) is 5.56 Å². The van der Waals surface area contributed by atoms with Crippen molar-refractivity contribution in [1.82, 2.24) is 14.3 Å². The lowest BCUT2D eigenvalue weighted by molar-refractivity contribution is 0.353. The molecule has 118 valence electrons. The highest BCUT2D eigenvalue weighted by molar-refractivity contribution is 7.87. The molecule has 0 amide bonds. The fourth-order valence-electron chi connectivity index (χ4n) is 2.14. The van der Waals surface area contributed by atoms with Crippen LogP contribution in [0.1, 0.15) is 5.56 Å². The average Bonchev–Trinajstić information content (AvgIpc) is 2.53. The third-order valence-electron chi connectivity index (χ3n) is 3.32.